The van der Waals surface area contributed by atoms with Gasteiger partial charge in [0, 0.05) is 16.2 Å². The summed E-state index contributed by atoms with van der Waals surface area (Å²) in [5.74, 6) is -1.07. The first-order valence-electron chi connectivity index (χ1n) is 4.97. The summed E-state index contributed by atoms with van der Waals surface area (Å²) in [6.07, 6.45) is 0. The number of hydrogen-bond acceptors (Lipinski definition) is 1. The summed E-state index contributed by atoms with van der Waals surface area (Å²) in [6.45, 7) is 0.636. The lowest BCUT2D eigenvalue weighted by molar-refractivity contribution is 0.583. The smallest absolute Gasteiger partial charge is 0.126 e. The normalized spacial score (nSPS) is 9.41. The molecule has 17 heavy (non-hydrogen) atoms. The van der Waals surface area contributed by atoms with E-state index in [-0.39, 0.29) is 0 Å². The van der Waals surface area contributed by atoms with Crippen molar-refractivity contribution in [3.63, 3.8) is 0 Å². The number of nitrogens with two attached hydrogens (primary N) is 1. The molecule has 0 aliphatic carbocycles. The van der Waals surface area contributed by atoms with Gasteiger partial charge in [0.15, 0.2) is 0 Å². The Morgan fingerprint density at radius 1 is 0.941 bits per heavy atom. The predicted octanol–water partition coefficient (Wildman–Crippen LogP) is 3.71. The standard InChI is InChI=1S/C7H8IN.C6H4F2/c8-7-3-1-6(5-9)2-4-7;7-5-2-1-3-6(8)4-5/h1-4H,5,9H2;1-4H. The maximum atomic E-state index is 11.9. The van der Waals surface area contributed by atoms with Crippen LogP contribution in [0.25, 0.3) is 0 Å². The van der Waals surface area contributed by atoms with Gasteiger partial charge in [-0.1, -0.05) is 18.2 Å². The van der Waals surface area contributed by atoms with Gasteiger partial charge in [-0.3, -0.25) is 0 Å². The fourth-order valence-electron chi connectivity index (χ4n) is 1.08. The van der Waals surface area contributed by atoms with E-state index in [4.69, 9.17) is 5.73 Å². The second-order valence-corrected chi connectivity index (χ2v) is 4.52. The molecule has 0 atom stereocenters. The Balaban J connectivity index is 0.000000171. The number of rotatable bonds is 1. The largest absolute Gasteiger partial charge is 0.326 e. The molecule has 0 heterocycles. The van der Waals surface area contributed by atoms with Crippen LogP contribution >= 0.6 is 22.6 Å². The van der Waals surface area contributed by atoms with E-state index in [0.29, 0.717) is 6.54 Å². The Labute approximate surface area is 113 Å². The van der Waals surface area contributed by atoms with Gasteiger partial charge >= 0.3 is 0 Å². The number of hydrogen-bond donors (Lipinski definition) is 1. The highest BCUT2D eigenvalue weighted by atomic mass is 127. The third-order valence-electron chi connectivity index (χ3n) is 1.94. The van der Waals surface area contributed by atoms with Crippen molar-refractivity contribution in [2.24, 2.45) is 5.73 Å². The monoisotopic (exact) mass is 347 g/mol. The van der Waals surface area contributed by atoms with Crippen molar-refractivity contribution in [2.45, 2.75) is 6.54 Å². The van der Waals surface area contributed by atoms with Gasteiger partial charge in [-0.25, -0.2) is 8.78 Å². The molecule has 0 radical (unpaired) electrons. The van der Waals surface area contributed by atoms with Gasteiger partial charge in [-0.2, -0.15) is 0 Å². The molecule has 2 aromatic carbocycles. The predicted molar refractivity (Wildman–Crippen MR) is 73.4 cm³/mol. The second kappa shape index (κ2) is 7.34. The average Bonchev–Trinajstić information content (AvgIpc) is 2.30. The molecule has 0 amide bonds. The zero-order valence-corrected chi connectivity index (χ0v) is 11.2. The minimum absolute atomic E-state index is 0.537. The quantitative estimate of drug-likeness (QED) is 0.782. The van der Waals surface area contributed by atoms with E-state index in [2.05, 4.69) is 34.7 Å². The Hall–Kier alpha value is -1.01. The lowest BCUT2D eigenvalue weighted by atomic mass is 10.2. The van der Waals surface area contributed by atoms with Crippen molar-refractivity contribution in [1.82, 2.24) is 0 Å². The molecule has 2 rings (SSSR count). The molecule has 4 heteroatoms. The van der Waals surface area contributed by atoms with E-state index in [0.717, 1.165) is 6.07 Å². The summed E-state index contributed by atoms with van der Waals surface area (Å²) in [5, 5.41) is 0. The summed E-state index contributed by atoms with van der Waals surface area (Å²) in [5.41, 5.74) is 6.59. The Morgan fingerprint density at radius 3 is 1.82 bits per heavy atom. The van der Waals surface area contributed by atoms with Gasteiger partial charge < -0.3 is 5.73 Å². The Bertz CT molecular complexity index is 440. The SMILES string of the molecule is Fc1cccc(F)c1.NCc1ccc(I)cc1. The van der Waals surface area contributed by atoms with E-state index in [1.807, 2.05) is 12.1 Å². The summed E-state index contributed by atoms with van der Waals surface area (Å²) < 4.78 is 25.1. The van der Waals surface area contributed by atoms with Crippen molar-refractivity contribution in [1.29, 1.82) is 0 Å². The fraction of sp³-hybridized carbons (Fsp3) is 0.0769. The molecule has 0 spiro atoms. The molecule has 0 fully saturated rings. The minimum atomic E-state index is -0.537. The van der Waals surface area contributed by atoms with Crippen LogP contribution in [-0.4, -0.2) is 0 Å². The first-order valence-corrected chi connectivity index (χ1v) is 6.05. The molecule has 2 N–H and O–H groups in total. The van der Waals surface area contributed by atoms with E-state index < -0.39 is 11.6 Å². The van der Waals surface area contributed by atoms with Gasteiger partial charge in [-0.05, 0) is 52.4 Å². The highest BCUT2D eigenvalue weighted by Gasteiger charge is 1.88. The second-order valence-electron chi connectivity index (χ2n) is 3.27. The molecule has 90 valence electrons. The van der Waals surface area contributed by atoms with Crippen LogP contribution < -0.4 is 5.73 Å². The highest BCUT2D eigenvalue weighted by Crippen LogP contribution is 2.05. The number of benzene rings is 2. The molecule has 2 aromatic rings. The van der Waals surface area contributed by atoms with Crippen molar-refractivity contribution in [3.05, 3.63) is 69.3 Å². The summed E-state index contributed by atoms with van der Waals surface area (Å²) in [6, 6.07) is 12.8. The molecule has 0 bridgehead atoms. The van der Waals surface area contributed by atoms with Crippen molar-refractivity contribution >= 4 is 22.6 Å². The maximum Gasteiger partial charge on any atom is 0.126 e. The summed E-state index contributed by atoms with van der Waals surface area (Å²) in [7, 11) is 0. The summed E-state index contributed by atoms with van der Waals surface area (Å²) >= 11 is 2.27. The van der Waals surface area contributed by atoms with Crippen LogP contribution in [0.1, 0.15) is 5.56 Å². The van der Waals surface area contributed by atoms with Crippen LogP contribution in [0.4, 0.5) is 8.78 Å². The van der Waals surface area contributed by atoms with Gasteiger partial charge in [0.2, 0.25) is 0 Å². The number of halogens is 3. The molecule has 0 saturated carbocycles. The lowest BCUT2D eigenvalue weighted by Gasteiger charge is -1.93. The van der Waals surface area contributed by atoms with Crippen LogP contribution in [0.2, 0.25) is 0 Å². The fourth-order valence-corrected chi connectivity index (χ4v) is 1.44. The van der Waals surface area contributed by atoms with Crippen LogP contribution in [-0.2, 0) is 6.54 Å². The lowest BCUT2D eigenvalue weighted by Crippen LogP contribution is -1.94. The first-order chi connectivity index (χ1) is 8.11. The third kappa shape index (κ3) is 5.74. The zero-order valence-electron chi connectivity index (χ0n) is 9.04. The highest BCUT2D eigenvalue weighted by molar-refractivity contribution is 14.1. The summed E-state index contributed by atoms with van der Waals surface area (Å²) in [4.78, 5) is 0. The van der Waals surface area contributed by atoms with Crippen molar-refractivity contribution in [3.8, 4) is 0 Å². The third-order valence-corrected chi connectivity index (χ3v) is 2.65. The van der Waals surface area contributed by atoms with Gasteiger partial charge in [0.05, 0.1) is 0 Å². The molecular weight excluding hydrogens is 335 g/mol. The topological polar surface area (TPSA) is 26.0 Å². The van der Waals surface area contributed by atoms with E-state index >= 15 is 0 Å². The van der Waals surface area contributed by atoms with Crippen LogP contribution in [0.3, 0.4) is 0 Å². The van der Waals surface area contributed by atoms with Gasteiger partial charge in [-0.15, -0.1) is 0 Å². The minimum Gasteiger partial charge on any atom is -0.326 e. The molecule has 0 unspecified atom stereocenters. The molecule has 0 aliphatic rings. The zero-order chi connectivity index (χ0) is 12.7. The molecule has 1 nitrogen and oxygen atoms in total. The van der Waals surface area contributed by atoms with E-state index in [1.54, 1.807) is 0 Å². The average molecular weight is 347 g/mol. The molecular formula is C13H12F2IN. The maximum absolute atomic E-state index is 11.9. The molecule has 0 saturated heterocycles. The van der Waals surface area contributed by atoms with Gasteiger partial charge in [0.25, 0.3) is 0 Å². The van der Waals surface area contributed by atoms with Crippen molar-refractivity contribution < 1.29 is 8.78 Å². The van der Waals surface area contributed by atoms with Crippen LogP contribution in [0.5, 0.6) is 0 Å². The molecule has 0 aromatic heterocycles. The van der Waals surface area contributed by atoms with Crippen molar-refractivity contribution in [2.75, 3.05) is 0 Å². The van der Waals surface area contributed by atoms with Crippen LogP contribution in [0, 0.1) is 15.2 Å². The molecule has 0 aliphatic heterocycles. The van der Waals surface area contributed by atoms with E-state index in [1.165, 1.54) is 27.3 Å². The Morgan fingerprint density at radius 2 is 1.47 bits per heavy atom. The van der Waals surface area contributed by atoms with E-state index in [9.17, 15) is 8.78 Å². The van der Waals surface area contributed by atoms with Crippen LogP contribution in [0.15, 0.2) is 48.5 Å². The van der Waals surface area contributed by atoms with Gasteiger partial charge in [0.1, 0.15) is 11.6 Å². The first kappa shape index (κ1) is 14.1. The Kier molecular flexibility index (Phi) is 6.07.